The lowest BCUT2D eigenvalue weighted by atomic mass is 10.2. The standard InChI is InChI=1S/C12H16N4S/c1-3-16-11(13-14-12(16)17)15(2)9-10-7-5-4-6-8-10/h4-8H,3,9H2,1-2H3,(H,14,17). The first kappa shape index (κ1) is 11.9. The summed E-state index contributed by atoms with van der Waals surface area (Å²) < 4.78 is 2.65. The van der Waals surface area contributed by atoms with Gasteiger partial charge in [-0.05, 0) is 24.7 Å². The van der Waals surface area contributed by atoms with Crippen LogP contribution in [-0.4, -0.2) is 21.8 Å². The molecule has 0 fully saturated rings. The highest BCUT2D eigenvalue weighted by atomic mass is 32.1. The number of H-pyrrole nitrogens is 1. The molecule has 2 rings (SSSR count). The largest absolute Gasteiger partial charge is 0.340 e. The lowest BCUT2D eigenvalue weighted by Crippen LogP contribution is -2.20. The smallest absolute Gasteiger partial charge is 0.225 e. The van der Waals surface area contributed by atoms with Gasteiger partial charge in [-0.1, -0.05) is 30.3 Å². The van der Waals surface area contributed by atoms with E-state index in [1.54, 1.807) is 0 Å². The summed E-state index contributed by atoms with van der Waals surface area (Å²) >= 11 is 5.17. The predicted molar refractivity (Wildman–Crippen MR) is 71.6 cm³/mol. The minimum atomic E-state index is 0.669. The van der Waals surface area contributed by atoms with Gasteiger partial charge in [-0.3, -0.25) is 4.57 Å². The predicted octanol–water partition coefficient (Wildman–Crippen LogP) is 2.60. The number of aromatic amines is 1. The third-order valence-corrected chi connectivity index (χ3v) is 2.97. The van der Waals surface area contributed by atoms with Crippen molar-refractivity contribution < 1.29 is 0 Å². The number of nitrogens with one attached hydrogen (secondary N) is 1. The summed E-state index contributed by atoms with van der Waals surface area (Å²) in [5, 5.41) is 7.08. The van der Waals surface area contributed by atoms with Crippen LogP contribution in [0.3, 0.4) is 0 Å². The number of rotatable bonds is 4. The van der Waals surface area contributed by atoms with E-state index in [1.165, 1.54) is 5.56 Å². The van der Waals surface area contributed by atoms with Gasteiger partial charge in [-0.25, -0.2) is 5.10 Å². The van der Waals surface area contributed by atoms with E-state index in [1.807, 2.05) is 29.8 Å². The molecule has 1 heterocycles. The molecule has 0 unspecified atom stereocenters. The molecule has 0 aliphatic rings. The molecular formula is C12H16N4S. The Hall–Kier alpha value is -1.62. The normalized spacial score (nSPS) is 10.5. The van der Waals surface area contributed by atoms with Crippen molar-refractivity contribution in [3.05, 3.63) is 40.7 Å². The van der Waals surface area contributed by atoms with Gasteiger partial charge in [0.15, 0.2) is 4.77 Å². The molecule has 1 aromatic carbocycles. The number of aromatic nitrogens is 3. The molecule has 0 atom stereocenters. The molecule has 0 radical (unpaired) electrons. The highest BCUT2D eigenvalue weighted by Crippen LogP contribution is 2.12. The Kier molecular flexibility index (Phi) is 3.58. The molecule has 0 bridgehead atoms. The minimum absolute atomic E-state index is 0.669. The van der Waals surface area contributed by atoms with Gasteiger partial charge in [0.05, 0.1) is 0 Å². The van der Waals surface area contributed by atoms with Crippen molar-refractivity contribution in [3.8, 4) is 0 Å². The Bertz CT molecular complexity index is 529. The van der Waals surface area contributed by atoms with Crippen molar-refractivity contribution in [2.75, 3.05) is 11.9 Å². The zero-order valence-electron chi connectivity index (χ0n) is 10.1. The second-order valence-electron chi connectivity index (χ2n) is 3.91. The minimum Gasteiger partial charge on any atom is -0.340 e. The van der Waals surface area contributed by atoms with Crippen LogP contribution in [0.4, 0.5) is 5.95 Å². The molecule has 0 saturated carbocycles. The van der Waals surface area contributed by atoms with Crippen LogP contribution in [0, 0.1) is 4.77 Å². The molecule has 4 nitrogen and oxygen atoms in total. The summed E-state index contributed by atoms with van der Waals surface area (Å²) in [5.74, 6) is 0.876. The topological polar surface area (TPSA) is 36.9 Å². The van der Waals surface area contributed by atoms with E-state index in [-0.39, 0.29) is 0 Å². The molecule has 90 valence electrons. The van der Waals surface area contributed by atoms with E-state index in [4.69, 9.17) is 12.2 Å². The summed E-state index contributed by atoms with van der Waals surface area (Å²) in [5.41, 5.74) is 1.26. The van der Waals surface area contributed by atoms with Gasteiger partial charge in [0, 0.05) is 20.1 Å². The maximum atomic E-state index is 5.17. The van der Waals surface area contributed by atoms with Crippen LogP contribution in [0.15, 0.2) is 30.3 Å². The second-order valence-corrected chi connectivity index (χ2v) is 4.30. The number of hydrogen-bond donors (Lipinski definition) is 1. The Morgan fingerprint density at radius 1 is 1.35 bits per heavy atom. The molecule has 0 aliphatic heterocycles. The lowest BCUT2D eigenvalue weighted by molar-refractivity contribution is 0.717. The fourth-order valence-electron chi connectivity index (χ4n) is 1.81. The van der Waals surface area contributed by atoms with Gasteiger partial charge in [-0.15, -0.1) is 5.10 Å². The van der Waals surface area contributed by atoms with Gasteiger partial charge in [0.25, 0.3) is 0 Å². The summed E-state index contributed by atoms with van der Waals surface area (Å²) in [6.45, 7) is 3.70. The summed E-state index contributed by atoms with van der Waals surface area (Å²) in [4.78, 5) is 2.09. The Labute approximate surface area is 106 Å². The maximum Gasteiger partial charge on any atom is 0.225 e. The molecule has 0 spiro atoms. The Morgan fingerprint density at radius 3 is 2.71 bits per heavy atom. The molecule has 1 N–H and O–H groups in total. The highest BCUT2D eigenvalue weighted by molar-refractivity contribution is 7.71. The quantitative estimate of drug-likeness (QED) is 0.845. The molecule has 1 aromatic heterocycles. The van der Waals surface area contributed by atoms with Crippen molar-refractivity contribution in [1.82, 2.24) is 14.8 Å². The van der Waals surface area contributed by atoms with Crippen LogP contribution < -0.4 is 4.90 Å². The van der Waals surface area contributed by atoms with Crippen LogP contribution in [0.25, 0.3) is 0 Å². The van der Waals surface area contributed by atoms with E-state index >= 15 is 0 Å². The van der Waals surface area contributed by atoms with Gasteiger partial charge < -0.3 is 4.90 Å². The zero-order chi connectivity index (χ0) is 12.3. The molecule has 2 aromatic rings. The van der Waals surface area contributed by atoms with Gasteiger partial charge >= 0.3 is 0 Å². The fourth-order valence-corrected chi connectivity index (χ4v) is 2.07. The first-order chi connectivity index (χ1) is 8.22. The first-order valence-corrected chi connectivity index (χ1v) is 6.03. The van der Waals surface area contributed by atoms with E-state index in [2.05, 4.69) is 34.2 Å². The van der Waals surface area contributed by atoms with E-state index in [0.29, 0.717) is 4.77 Å². The van der Waals surface area contributed by atoms with Crippen molar-refractivity contribution >= 4 is 18.2 Å². The SMILES string of the molecule is CCn1c(N(C)Cc2ccccc2)n[nH]c1=S. The maximum absolute atomic E-state index is 5.17. The van der Waals surface area contributed by atoms with Gasteiger partial charge in [-0.2, -0.15) is 0 Å². The molecule has 17 heavy (non-hydrogen) atoms. The third-order valence-electron chi connectivity index (χ3n) is 2.66. The van der Waals surface area contributed by atoms with Gasteiger partial charge in [0.2, 0.25) is 5.95 Å². The fraction of sp³-hybridized carbons (Fsp3) is 0.333. The average Bonchev–Trinajstić information content (AvgIpc) is 2.71. The highest BCUT2D eigenvalue weighted by Gasteiger charge is 2.09. The summed E-state index contributed by atoms with van der Waals surface area (Å²) in [7, 11) is 2.02. The van der Waals surface area contributed by atoms with Crippen LogP contribution in [0.5, 0.6) is 0 Å². The number of hydrogen-bond acceptors (Lipinski definition) is 3. The van der Waals surface area contributed by atoms with Crippen molar-refractivity contribution in [1.29, 1.82) is 0 Å². The molecule has 5 heteroatoms. The third kappa shape index (κ3) is 2.55. The van der Waals surface area contributed by atoms with Crippen molar-refractivity contribution in [3.63, 3.8) is 0 Å². The number of anilines is 1. The monoisotopic (exact) mass is 248 g/mol. The molecule has 0 saturated heterocycles. The van der Waals surface area contributed by atoms with Gasteiger partial charge in [0.1, 0.15) is 0 Å². The lowest BCUT2D eigenvalue weighted by Gasteiger charge is -2.18. The van der Waals surface area contributed by atoms with Crippen molar-refractivity contribution in [2.45, 2.75) is 20.0 Å². The van der Waals surface area contributed by atoms with Crippen LogP contribution in [0.2, 0.25) is 0 Å². The first-order valence-electron chi connectivity index (χ1n) is 5.62. The molecule has 0 aliphatic carbocycles. The van der Waals surface area contributed by atoms with Crippen LogP contribution in [-0.2, 0) is 13.1 Å². The average molecular weight is 248 g/mol. The molecule has 0 amide bonds. The van der Waals surface area contributed by atoms with Crippen LogP contribution in [0.1, 0.15) is 12.5 Å². The Balaban J connectivity index is 2.20. The summed E-state index contributed by atoms with van der Waals surface area (Å²) in [6.07, 6.45) is 0. The second kappa shape index (κ2) is 5.14. The van der Waals surface area contributed by atoms with E-state index in [9.17, 15) is 0 Å². The molecular weight excluding hydrogens is 232 g/mol. The van der Waals surface area contributed by atoms with E-state index in [0.717, 1.165) is 19.0 Å². The number of nitrogens with zero attached hydrogens (tertiary/aromatic N) is 3. The zero-order valence-corrected chi connectivity index (χ0v) is 10.9. The van der Waals surface area contributed by atoms with Crippen LogP contribution >= 0.6 is 12.2 Å². The number of benzene rings is 1. The summed E-state index contributed by atoms with van der Waals surface area (Å²) in [6, 6.07) is 10.3. The van der Waals surface area contributed by atoms with E-state index < -0.39 is 0 Å². The van der Waals surface area contributed by atoms with Crippen molar-refractivity contribution in [2.24, 2.45) is 0 Å². The Morgan fingerprint density at radius 2 is 2.06 bits per heavy atom.